The second-order valence-electron chi connectivity index (χ2n) is 5.00. The van der Waals surface area contributed by atoms with E-state index in [-0.39, 0.29) is 11.1 Å². The molecule has 0 radical (unpaired) electrons. The van der Waals surface area contributed by atoms with Gasteiger partial charge in [0, 0.05) is 24.2 Å². The molecule has 0 aromatic carbocycles. The van der Waals surface area contributed by atoms with Crippen LogP contribution in [0.4, 0.5) is 0 Å². The summed E-state index contributed by atoms with van der Waals surface area (Å²) in [5.41, 5.74) is 12.4. The van der Waals surface area contributed by atoms with Crippen LogP contribution in [0.15, 0.2) is 0 Å². The number of likely N-dealkylation sites (N-methyl/N-ethyl adjacent to an activating group) is 1. The number of nitrogens with zero attached hydrogens (tertiary/aromatic N) is 1. The molecule has 1 heterocycles. The summed E-state index contributed by atoms with van der Waals surface area (Å²) in [5.74, 6) is 0.702. The summed E-state index contributed by atoms with van der Waals surface area (Å²) in [4.78, 5) is 2.26. The summed E-state index contributed by atoms with van der Waals surface area (Å²) in [6.45, 7) is 4.18. The van der Waals surface area contributed by atoms with Crippen molar-refractivity contribution in [3.05, 3.63) is 0 Å². The Balaban J connectivity index is 2.27. The van der Waals surface area contributed by atoms with Gasteiger partial charge in [0.05, 0.1) is 0 Å². The topological polar surface area (TPSA) is 55.3 Å². The minimum Gasteiger partial charge on any atom is -0.322 e. The monoisotopic (exact) mass is 169 g/mol. The van der Waals surface area contributed by atoms with E-state index >= 15 is 0 Å². The van der Waals surface area contributed by atoms with Crippen LogP contribution in [-0.2, 0) is 0 Å². The highest BCUT2D eigenvalue weighted by molar-refractivity contribution is 5.19. The number of hydrogen-bond donors (Lipinski definition) is 2. The molecule has 3 nitrogen and oxygen atoms in total. The quantitative estimate of drug-likeness (QED) is 0.526. The molecule has 0 bridgehead atoms. The van der Waals surface area contributed by atoms with E-state index in [9.17, 15) is 0 Å². The Bertz CT molecular complexity index is 168. The standard InChI is InChI=1S/C9H19N3/c1-7-3-8(10)5-12(2)6-9(8,11)4-7/h7H,3-6,10-11H2,1-2H3/t7-,8+,9-. The zero-order valence-corrected chi connectivity index (χ0v) is 8.01. The van der Waals surface area contributed by atoms with Crippen molar-refractivity contribution in [1.82, 2.24) is 4.90 Å². The largest absolute Gasteiger partial charge is 0.322 e. The van der Waals surface area contributed by atoms with Crippen molar-refractivity contribution in [2.75, 3.05) is 20.1 Å². The van der Waals surface area contributed by atoms with Crippen molar-refractivity contribution < 1.29 is 0 Å². The van der Waals surface area contributed by atoms with Crippen LogP contribution in [0.2, 0.25) is 0 Å². The Morgan fingerprint density at radius 1 is 1.17 bits per heavy atom. The molecule has 4 N–H and O–H groups in total. The molecule has 70 valence electrons. The number of likely N-dealkylation sites (tertiary alicyclic amines) is 1. The highest BCUT2D eigenvalue weighted by Gasteiger charge is 2.57. The van der Waals surface area contributed by atoms with Crippen LogP contribution in [0.3, 0.4) is 0 Å². The molecule has 1 aliphatic heterocycles. The smallest absolute Gasteiger partial charge is 0.0480 e. The van der Waals surface area contributed by atoms with Crippen LogP contribution in [0.5, 0.6) is 0 Å². The Morgan fingerprint density at radius 3 is 2.00 bits per heavy atom. The molecule has 1 saturated heterocycles. The van der Waals surface area contributed by atoms with E-state index in [1.165, 1.54) is 0 Å². The van der Waals surface area contributed by atoms with E-state index in [2.05, 4.69) is 18.9 Å². The second-order valence-corrected chi connectivity index (χ2v) is 5.00. The lowest BCUT2D eigenvalue weighted by atomic mass is 9.85. The fourth-order valence-electron chi connectivity index (χ4n) is 3.19. The third-order valence-corrected chi connectivity index (χ3v) is 3.52. The molecule has 0 aromatic heterocycles. The highest BCUT2D eigenvalue weighted by Crippen LogP contribution is 2.43. The van der Waals surface area contributed by atoms with Crippen molar-refractivity contribution in [2.45, 2.75) is 30.8 Å². The molecule has 2 aliphatic rings. The minimum atomic E-state index is -0.110. The molecule has 0 aromatic rings. The molecule has 0 unspecified atom stereocenters. The molecule has 1 saturated carbocycles. The molecule has 1 aliphatic carbocycles. The van der Waals surface area contributed by atoms with Gasteiger partial charge in [-0.3, -0.25) is 0 Å². The first-order valence-electron chi connectivity index (χ1n) is 4.72. The lowest BCUT2D eigenvalue weighted by Gasteiger charge is -2.32. The minimum absolute atomic E-state index is 0.110. The maximum atomic E-state index is 6.31. The van der Waals surface area contributed by atoms with Gasteiger partial charge in [-0.1, -0.05) is 6.92 Å². The van der Waals surface area contributed by atoms with Crippen molar-refractivity contribution in [3.8, 4) is 0 Å². The van der Waals surface area contributed by atoms with Crippen molar-refractivity contribution in [2.24, 2.45) is 17.4 Å². The van der Waals surface area contributed by atoms with Crippen molar-refractivity contribution in [1.29, 1.82) is 0 Å². The predicted molar refractivity (Wildman–Crippen MR) is 49.7 cm³/mol. The summed E-state index contributed by atoms with van der Waals surface area (Å²) >= 11 is 0. The predicted octanol–water partition coefficient (Wildman–Crippen LogP) is -0.243. The number of nitrogens with two attached hydrogens (primary N) is 2. The highest BCUT2D eigenvalue weighted by atomic mass is 15.2. The van der Waals surface area contributed by atoms with E-state index < -0.39 is 0 Å². The number of rotatable bonds is 0. The van der Waals surface area contributed by atoms with E-state index in [1.807, 2.05) is 0 Å². The van der Waals surface area contributed by atoms with E-state index in [0.29, 0.717) is 5.92 Å². The van der Waals surface area contributed by atoms with Gasteiger partial charge in [-0.2, -0.15) is 0 Å². The van der Waals surface area contributed by atoms with Gasteiger partial charge in [0.1, 0.15) is 0 Å². The fraction of sp³-hybridized carbons (Fsp3) is 1.00. The summed E-state index contributed by atoms with van der Waals surface area (Å²) in [6, 6.07) is 0. The molecule has 12 heavy (non-hydrogen) atoms. The molecule has 0 spiro atoms. The molecular weight excluding hydrogens is 150 g/mol. The van der Waals surface area contributed by atoms with Gasteiger partial charge in [0.25, 0.3) is 0 Å². The SMILES string of the molecule is C[C@H]1C[C@@]2(N)CN(C)C[C@@]2(N)C1. The summed E-state index contributed by atoms with van der Waals surface area (Å²) in [7, 11) is 2.10. The third kappa shape index (κ3) is 0.934. The summed E-state index contributed by atoms with van der Waals surface area (Å²) < 4.78 is 0. The average Bonchev–Trinajstić information content (AvgIpc) is 2.09. The number of hydrogen-bond acceptors (Lipinski definition) is 3. The maximum Gasteiger partial charge on any atom is 0.0480 e. The molecule has 3 heteroatoms. The van der Waals surface area contributed by atoms with Crippen LogP contribution in [0.25, 0.3) is 0 Å². The van der Waals surface area contributed by atoms with E-state index in [4.69, 9.17) is 11.5 Å². The first kappa shape index (κ1) is 8.48. The normalized spacial score (nSPS) is 54.5. The lowest BCUT2D eigenvalue weighted by Crippen LogP contribution is -2.61. The van der Waals surface area contributed by atoms with E-state index in [0.717, 1.165) is 25.9 Å². The number of fused-ring (bicyclic) bond motifs is 1. The van der Waals surface area contributed by atoms with Crippen molar-refractivity contribution >= 4 is 0 Å². The van der Waals surface area contributed by atoms with Crippen LogP contribution < -0.4 is 11.5 Å². The van der Waals surface area contributed by atoms with Gasteiger partial charge in [-0.05, 0) is 25.8 Å². The maximum absolute atomic E-state index is 6.31. The Kier molecular flexibility index (Phi) is 1.57. The van der Waals surface area contributed by atoms with Gasteiger partial charge in [0.15, 0.2) is 0 Å². The van der Waals surface area contributed by atoms with Gasteiger partial charge < -0.3 is 16.4 Å². The van der Waals surface area contributed by atoms with Gasteiger partial charge in [-0.15, -0.1) is 0 Å². The lowest BCUT2D eigenvalue weighted by molar-refractivity contribution is 0.338. The average molecular weight is 169 g/mol. The van der Waals surface area contributed by atoms with Gasteiger partial charge in [0.2, 0.25) is 0 Å². The van der Waals surface area contributed by atoms with Gasteiger partial charge >= 0.3 is 0 Å². The molecule has 3 atom stereocenters. The molecule has 0 amide bonds. The zero-order chi connectivity index (χ0) is 8.98. The molecule has 2 rings (SSSR count). The Labute approximate surface area is 74.1 Å². The summed E-state index contributed by atoms with van der Waals surface area (Å²) in [5, 5.41) is 0. The molecule has 2 fully saturated rings. The molecular formula is C9H19N3. The van der Waals surface area contributed by atoms with E-state index in [1.54, 1.807) is 0 Å². The van der Waals surface area contributed by atoms with Crippen LogP contribution in [0.1, 0.15) is 19.8 Å². The third-order valence-electron chi connectivity index (χ3n) is 3.52. The first-order valence-corrected chi connectivity index (χ1v) is 4.72. The van der Waals surface area contributed by atoms with Crippen molar-refractivity contribution in [3.63, 3.8) is 0 Å². The fourth-order valence-corrected chi connectivity index (χ4v) is 3.19. The summed E-state index contributed by atoms with van der Waals surface area (Å²) in [6.07, 6.45) is 2.18. The first-order chi connectivity index (χ1) is 5.45. The zero-order valence-electron chi connectivity index (χ0n) is 8.01. The Hall–Kier alpha value is -0.120. The Morgan fingerprint density at radius 2 is 1.58 bits per heavy atom. The second kappa shape index (κ2) is 2.22. The van der Waals surface area contributed by atoms with Crippen LogP contribution >= 0.6 is 0 Å². The van der Waals surface area contributed by atoms with Crippen LogP contribution in [0, 0.1) is 5.92 Å². The van der Waals surface area contributed by atoms with Crippen LogP contribution in [-0.4, -0.2) is 36.1 Å². The van der Waals surface area contributed by atoms with Gasteiger partial charge in [-0.25, -0.2) is 0 Å².